The van der Waals surface area contributed by atoms with Gasteiger partial charge in [0.2, 0.25) is 5.91 Å². The van der Waals surface area contributed by atoms with Gasteiger partial charge in [-0.05, 0) is 30.7 Å². The number of aromatic hydroxyl groups is 1. The van der Waals surface area contributed by atoms with Gasteiger partial charge in [-0.1, -0.05) is 31.5 Å². The van der Waals surface area contributed by atoms with Gasteiger partial charge in [-0.3, -0.25) is 9.69 Å². The van der Waals surface area contributed by atoms with E-state index in [1.165, 1.54) is 0 Å². The summed E-state index contributed by atoms with van der Waals surface area (Å²) >= 11 is 5.84. The molecule has 0 bridgehead atoms. The van der Waals surface area contributed by atoms with E-state index < -0.39 is 0 Å². The number of likely N-dealkylation sites (N-methyl/N-ethyl adjacent to an activating group) is 1. The molecular weight excluding hydrogens is 264 g/mol. The molecule has 0 saturated heterocycles. The van der Waals surface area contributed by atoms with Crippen LogP contribution in [0.15, 0.2) is 18.2 Å². The lowest BCUT2D eigenvalue weighted by Gasteiger charge is -2.17. The Morgan fingerprint density at radius 1 is 1.47 bits per heavy atom. The van der Waals surface area contributed by atoms with Crippen LogP contribution in [-0.4, -0.2) is 36.1 Å². The Balaban J connectivity index is 2.44. The highest BCUT2D eigenvalue weighted by Gasteiger charge is 2.08. The zero-order valence-electron chi connectivity index (χ0n) is 11.6. The second-order valence-corrected chi connectivity index (χ2v) is 5.56. The third kappa shape index (κ3) is 5.94. The van der Waals surface area contributed by atoms with Crippen LogP contribution in [0.5, 0.6) is 5.75 Å². The van der Waals surface area contributed by atoms with Crippen molar-refractivity contribution in [2.24, 2.45) is 5.92 Å². The molecule has 0 radical (unpaired) electrons. The minimum atomic E-state index is 0.0149. The summed E-state index contributed by atoms with van der Waals surface area (Å²) in [4.78, 5) is 13.6. The summed E-state index contributed by atoms with van der Waals surface area (Å²) in [7, 11) is 1.87. The Labute approximate surface area is 119 Å². The van der Waals surface area contributed by atoms with Crippen LogP contribution >= 0.6 is 11.6 Å². The highest BCUT2D eigenvalue weighted by molar-refractivity contribution is 6.32. The minimum absolute atomic E-state index is 0.0149. The van der Waals surface area contributed by atoms with E-state index in [0.29, 0.717) is 30.6 Å². The summed E-state index contributed by atoms with van der Waals surface area (Å²) in [5.74, 6) is 0.536. The molecule has 2 N–H and O–H groups in total. The summed E-state index contributed by atoms with van der Waals surface area (Å²) < 4.78 is 0. The van der Waals surface area contributed by atoms with Crippen molar-refractivity contribution in [1.82, 2.24) is 10.2 Å². The third-order valence-electron chi connectivity index (χ3n) is 2.59. The van der Waals surface area contributed by atoms with E-state index in [-0.39, 0.29) is 11.7 Å². The number of hydrogen-bond acceptors (Lipinski definition) is 3. The molecule has 0 aliphatic heterocycles. The SMILES string of the molecule is CC(C)CNC(=O)CN(C)Cc1ccc(O)c(Cl)c1. The molecule has 1 aromatic rings. The predicted molar refractivity (Wildman–Crippen MR) is 77.3 cm³/mol. The molecule has 106 valence electrons. The highest BCUT2D eigenvalue weighted by Crippen LogP contribution is 2.23. The average Bonchev–Trinajstić information content (AvgIpc) is 2.31. The number of phenols is 1. The van der Waals surface area contributed by atoms with Gasteiger partial charge in [0.05, 0.1) is 11.6 Å². The lowest BCUT2D eigenvalue weighted by atomic mass is 10.2. The smallest absolute Gasteiger partial charge is 0.234 e. The Bertz CT molecular complexity index is 435. The van der Waals surface area contributed by atoms with E-state index in [2.05, 4.69) is 19.2 Å². The van der Waals surface area contributed by atoms with E-state index in [1.54, 1.807) is 18.2 Å². The molecule has 0 aliphatic carbocycles. The Morgan fingerprint density at radius 3 is 2.74 bits per heavy atom. The van der Waals surface area contributed by atoms with Crippen molar-refractivity contribution in [1.29, 1.82) is 0 Å². The maximum absolute atomic E-state index is 11.7. The van der Waals surface area contributed by atoms with Crippen LogP contribution in [0.2, 0.25) is 5.02 Å². The number of carbonyl (C=O) groups excluding carboxylic acids is 1. The van der Waals surface area contributed by atoms with Crippen LogP contribution in [0.3, 0.4) is 0 Å². The molecule has 1 aromatic carbocycles. The molecule has 1 amide bonds. The zero-order valence-corrected chi connectivity index (χ0v) is 12.4. The number of phenolic OH excluding ortho intramolecular Hbond substituents is 1. The van der Waals surface area contributed by atoms with Gasteiger partial charge in [0.25, 0.3) is 0 Å². The van der Waals surface area contributed by atoms with Gasteiger partial charge in [-0.15, -0.1) is 0 Å². The van der Waals surface area contributed by atoms with Crippen LogP contribution in [0.4, 0.5) is 0 Å². The number of amides is 1. The van der Waals surface area contributed by atoms with Crippen molar-refractivity contribution in [2.45, 2.75) is 20.4 Å². The summed E-state index contributed by atoms with van der Waals surface area (Å²) in [5, 5.41) is 12.5. The fourth-order valence-electron chi connectivity index (χ4n) is 1.64. The van der Waals surface area contributed by atoms with Crippen molar-refractivity contribution in [3.8, 4) is 5.75 Å². The van der Waals surface area contributed by atoms with Crippen LogP contribution in [-0.2, 0) is 11.3 Å². The van der Waals surface area contributed by atoms with E-state index in [4.69, 9.17) is 11.6 Å². The van der Waals surface area contributed by atoms with E-state index in [9.17, 15) is 9.90 Å². The molecule has 0 aromatic heterocycles. The first-order valence-electron chi connectivity index (χ1n) is 6.31. The maximum Gasteiger partial charge on any atom is 0.234 e. The quantitative estimate of drug-likeness (QED) is 0.842. The number of carbonyl (C=O) groups is 1. The van der Waals surface area contributed by atoms with Crippen molar-refractivity contribution in [3.63, 3.8) is 0 Å². The van der Waals surface area contributed by atoms with Gasteiger partial charge in [-0.25, -0.2) is 0 Å². The van der Waals surface area contributed by atoms with Gasteiger partial charge in [0.1, 0.15) is 5.75 Å². The summed E-state index contributed by atoms with van der Waals surface area (Å²) in [6, 6.07) is 5.06. The summed E-state index contributed by atoms with van der Waals surface area (Å²) in [5.41, 5.74) is 0.960. The van der Waals surface area contributed by atoms with Crippen molar-refractivity contribution in [3.05, 3.63) is 28.8 Å². The first-order valence-corrected chi connectivity index (χ1v) is 6.69. The average molecular weight is 285 g/mol. The number of nitrogens with one attached hydrogen (secondary N) is 1. The largest absolute Gasteiger partial charge is 0.506 e. The second kappa shape index (κ2) is 7.36. The standard InChI is InChI=1S/C14H21ClN2O2/c1-10(2)7-16-14(19)9-17(3)8-11-4-5-13(18)12(15)6-11/h4-6,10,18H,7-9H2,1-3H3,(H,16,19). The number of halogens is 1. The van der Waals surface area contributed by atoms with E-state index in [0.717, 1.165) is 5.56 Å². The molecule has 0 saturated carbocycles. The van der Waals surface area contributed by atoms with Crippen molar-refractivity contribution >= 4 is 17.5 Å². The molecule has 0 unspecified atom stereocenters. The van der Waals surface area contributed by atoms with Gasteiger partial charge < -0.3 is 10.4 Å². The fraction of sp³-hybridized carbons (Fsp3) is 0.500. The minimum Gasteiger partial charge on any atom is -0.506 e. The molecule has 0 atom stereocenters. The number of benzene rings is 1. The summed E-state index contributed by atoms with van der Waals surface area (Å²) in [6.45, 7) is 5.75. The zero-order chi connectivity index (χ0) is 14.4. The van der Waals surface area contributed by atoms with Gasteiger partial charge in [-0.2, -0.15) is 0 Å². The molecule has 0 fully saturated rings. The molecule has 5 heteroatoms. The van der Waals surface area contributed by atoms with Gasteiger partial charge in [0, 0.05) is 13.1 Å². The topological polar surface area (TPSA) is 52.6 Å². The third-order valence-corrected chi connectivity index (χ3v) is 2.89. The van der Waals surface area contributed by atoms with Crippen LogP contribution < -0.4 is 5.32 Å². The first kappa shape index (κ1) is 15.8. The van der Waals surface area contributed by atoms with E-state index in [1.807, 2.05) is 11.9 Å². The Morgan fingerprint density at radius 2 is 2.16 bits per heavy atom. The molecule has 0 heterocycles. The normalized spacial score (nSPS) is 11.1. The monoisotopic (exact) mass is 284 g/mol. The Kier molecular flexibility index (Phi) is 6.12. The Hall–Kier alpha value is -1.26. The second-order valence-electron chi connectivity index (χ2n) is 5.16. The van der Waals surface area contributed by atoms with Crippen molar-refractivity contribution < 1.29 is 9.90 Å². The molecule has 4 nitrogen and oxygen atoms in total. The van der Waals surface area contributed by atoms with Gasteiger partial charge in [0.15, 0.2) is 0 Å². The van der Waals surface area contributed by atoms with E-state index >= 15 is 0 Å². The molecule has 0 aliphatic rings. The molecular formula is C14H21ClN2O2. The number of hydrogen-bond donors (Lipinski definition) is 2. The summed E-state index contributed by atoms with van der Waals surface area (Å²) in [6.07, 6.45) is 0. The number of nitrogens with zero attached hydrogens (tertiary/aromatic N) is 1. The lowest BCUT2D eigenvalue weighted by Crippen LogP contribution is -2.36. The fourth-order valence-corrected chi connectivity index (χ4v) is 1.84. The lowest BCUT2D eigenvalue weighted by molar-refractivity contribution is -0.122. The molecule has 0 spiro atoms. The predicted octanol–water partition coefficient (Wildman–Crippen LogP) is 2.25. The maximum atomic E-state index is 11.7. The van der Waals surface area contributed by atoms with Crippen LogP contribution in [0.25, 0.3) is 0 Å². The van der Waals surface area contributed by atoms with Crippen LogP contribution in [0.1, 0.15) is 19.4 Å². The van der Waals surface area contributed by atoms with Gasteiger partial charge >= 0.3 is 0 Å². The first-order chi connectivity index (χ1) is 8.88. The number of rotatable bonds is 6. The van der Waals surface area contributed by atoms with Crippen LogP contribution in [0, 0.1) is 5.92 Å². The molecule has 1 rings (SSSR count). The molecule has 19 heavy (non-hydrogen) atoms. The highest BCUT2D eigenvalue weighted by atomic mass is 35.5. The van der Waals surface area contributed by atoms with Crippen molar-refractivity contribution in [2.75, 3.05) is 20.1 Å².